The van der Waals surface area contributed by atoms with Crippen molar-refractivity contribution >= 4 is 21.8 Å². The van der Waals surface area contributed by atoms with Crippen molar-refractivity contribution in [3.05, 3.63) is 64.7 Å². The molecular formula is C23H31N3O4S. The highest BCUT2D eigenvalue weighted by atomic mass is 32.2. The fraction of sp³-hybridized carbons (Fsp3) is 0.391. The van der Waals surface area contributed by atoms with Gasteiger partial charge < -0.3 is 10.2 Å². The molecule has 0 atom stereocenters. The van der Waals surface area contributed by atoms with Crippen molar-refractivity contribution < 1.29 is 18.0 Å². The number of hydrogen-bond acceptors (Lipinski definition) is 4. The second-order valence-electron chi connectivity index (χ2n) is 7.99. The highest BCUT2D eigenvalue weighted by Crippen LogP contribution is 2.18. The smallest absolute Gasteiger partial charge is 0.253 e. The highest BCUT2D eigenvalue weighted by molar-refractivity contribution is 7.89. The van der Waals surface area contributed by atoms with Crippen LogP contribution in [-0.4, -0.2) is 56.1 Å². The molecule has 2 amide bonds. The lowest BCUT2D eigenvalue weighted by atomic mass is 10.1. The molecule has 2 rings (SSSR count). The molecule has 0 spiro atoms. The molecule has 0 aliphatic heterocycles. The van der Waals surface area contributed by atoms with Crippen LogP contribution in [0.3, 0.4) is 0 Å². The second-order valence-corrected chi connectivity index (χ2v) is 10.0. The molecule has 0 heterocycles. The maximum Gasteiger partial charge on any atom is 0.253 e. The molecule has 31 heavy (non-hydrogen) atoms. The summed E-state index contributed by atoms with van der Waals surface area (Å²) in [4.78, 5) is 26.4. The van der Waals surface area contributed by atoms with Gasteiger partial charge in [-0.3, -0.25) is 9.59 Å². The Bertz CT molecular complexity index is 1050. The summed E-state index contributed by atoms with van der Waals surface area (Å²) < 4.78 is 26.5. The summed E-state index contributed by atoms with van der Waals surface area (Å²) in [6, 6.07) is 12.0. The number of carbonyl (C=O) groups excluding carboxylic acids is 2. The normalized spacial score (nSPS) is 11.6. The van der Waals surface area contributed by atoms with E-state index in [1.54, 1.807) is 54.4 Å². The number of rotatable bonds is 8. The summed E-state index contributed by atoms with van der Waals surface area (Å²) in [6.45, 7) is 7.60. The Hall–Kier alpha value is -2.71. The van der Waals surface area contributed by atoms with Crippen molar-refractivity contribution in [1.29, 1.82) is 0 Å². The van der Waals surface area contributed by atoms with Crippen molar-refractivity contribution in [2.75, 3.05) is 20.6 Å². The zero-order valence-electron chi connectivity index (χ0n) is 19.0. The van der Waals surface area contributed by atoms with E-state index in [2.05, 4.69) is 5.32 Å². The van der Waals surface area contributed by atoms with Gasteiger partial charge >= 0.3 is 0 Å². The molecule has 0 aliphatic rings. The predicted molar refractivity (Wildman–Crippen MR) is 121 cm³/mol. The third-order valence-corrected chi connectivity index (χ3v) is 7.14. The van der Waals surface area contributed by atoms with Gasteiger partial charge in [-0.05, 0) is 68.7 Å². The minimum atomic E-state index is -3.76. The molecule has 0 unspecified atom stereocenters. The Balaban J connectivity index is 1.95. The summed E-state index contributed by atoms with van der Waals surface area (Å²) in [5, 5.41) is 2.72. The molecule has 0 saturated heterocycles. The van der Waals surface area contributed by atoms with E-state index >= 15 is 0 Å². The summed E-state index contributed by atoms with van der Waals surface area (Å²) in [5.41, 5.74) is 3.27. The lowest BCUT2D eigenvalue weighted by Gasteiger charge is -2.21. The standard InChI is InChI=1S/C23H31N3O4S/c1-16(2)26(6)23(28)20-10-8-19(9-11-20)14-24-22(27)15-25(5)31(29,30)21-12-7-17(3)18(4)13-21/h7-13,16H,14-15H2,1-6H3,(H,24,27). The van der Waals surface area contributed by atoms with E-state index < -0.39 is 15.9 Å². The van der Waals surface area contributed by atoms with Crippen molar-refractivity contribution in [2.24, 2.45) is 0 Å². The minimum Gasteiger partial charge on any atom is -0.351 e. The Morgan fingerprint density at radius 1 is 0.968 bits per heavy atom. The Kier molecular flexibility index (Phi) is 7.97. The molecule has 0 bridgehead atoms. The number of sulfonamides is 1. The topological polar surface area (TPSA) is 86.8 Å². The quantitative estimate of drug-likeness (QED) is 0.677. The molecule has 168 valence electrons. The Morgan fingerprint density at radius 2 is 1.58 bits per heavy atom. The molecule has 7 nitrogen and oxygen atoms in total. The first-order valence-corrected chi connectivity index (χ1v) is 11.5. The van der Waals surface area contributed by atoms with Gasteiger partial charge in [-0.2, -0.15) is 4.31 Å². The first kappa shape index (κ1) is 24.6. The van der Waals surface area contributed by atoms with Crippen molar-refractivity contribution in [3.63, 3.8) is 0 Å². The lowest BCUT2D eigenvalue weighted by molar-refractivity contribution is -0.121. The summed E-state index contributed by atoms with van der Waals surface area (Å²) in [7, 11) is -0.618. The SMILES string of the molecule is Cc1ccc(S(=O)(=O)N(C)CC(=O)NCc2ccc(C(=O)N(C)C(C)C)cc2)cc1C. The van der Waals surface area contributed by atoms with Crippen molar-refractivity contribution in [2.45, 2.75) is 45.2 Å². The van der Waals surface area contributed by atoms with Crippen molar-refractivity contribution in [3.8, 4) is 0 Å². The maximum absolute atomic E-state index is 12.7. The zero-order valence-corrected chi connectivity index (χ0v) is 19.8. The Labute approximate surface area is 185 Å². The third-order valence-electron chi connectivity index (χ3n) is 5.34. The molecule has 0 aliphatic carbocycles. The molecule has 2 aromatic rings. The summed E-state index contributed by atoms with van der Waals surface area (Å²) >= 11 is 0. The zero-order chi connectivity index (χ0) is 23.3. The molecule has 0 fully saturated rings. The summed E-state index contributed by atoms with van der Waals surface area (Å²) in [6.07, 6.45) is 0. The van der Waals surface area contributed by atoms with E-state index in [0.29, 0.717) is 5.56 Å². The van der Waals surface area contributed by atoms with Gasteiger partial charge in [-0.25, -0.2) is 8.42 Å². The van der Waals surface area contributed by atoms with Crippen LogP contribution >= 0.6 is 0 Å². The number of likely N-dealkylation sites (N-methyl/N-ethyl adjacent to an activating group) is 1. The van der Waals surface area contributed by atoms with Gasteiger partial charge in [-0.1, -0.05) is 18.2 Å². The van der Waals surface area contributed by atoms with Gasteiger partial charge in [0.25, 0.3) is 5.91 Å². The van der Waals surface area contributed by atoms with Crippen LogP contribution in [-0.2, 0) is 21.4 Å². The fourth-order valence-electron chi connectivity index (χ4n) is 2.80. The average Bonchev–Trinajstić information content (AvgIpc) is 2.73. The fourth-order valence-corrected chi connectivity index (χ4v) is 4.01. The number of benzene rings is 2. The molecule has 8 heteroatoms. The minimum absolute atomic E-state index is 0.0660. The van der Waals surface area contributed by atoms with Crippen LogP contribution < -0.4 is 5.32 Å². The average molecular weight is 446 g/mol. The molecule has 2 aromatic carbocycles. The lowest BCUT2D eigenvalue weighted by Crippen LogP contribution is -2.38. The van der Waals surface area contributed by atoms with Gasteiger partial charge in [0.2, 0.25) is 15.9 Å². The van der Waals surface area contributed by atoms with E-state index in [-0.39, 0.29) is 29.9 Å². The molecule has 0 aromatic heterocycles. The van der Waals surface area contributed by atoms with Gasteiger partial charge in [0.15, 0.2) is 0 Å². The van der Waals surface area contributed by atoms with E-state index in [4.69, 9.17) is 0 Å². The van der Waals surface area contributed by atoms with Crippen molar-refractivity contribution in [1.82, 2.24) is 14.5 Å². The van der Waals surface area contributed by atoms with Crippen LogP contribution in [0.5, 0.6) is 0 Å². The monoisotopic (exact) mass is 445 g/mol. The number of nitrogens with one attached hydrogen (secondary N) is 1. The largest absolute Gasteiger partial charge is 0.351 e. The van der Waals surface area contributed by atoms with E-state index in [0.717, 1.165) is 21.0 Å². The first-order chi connectivity index (χ1) is 14.4. The number of carbonyl (C=O) groups is 2. The molecule has 1 N–H and O–H groups in total. The number of aryl methyl sites for hydroxylation is 2. The first-order valence-electron chi connectivity index (χ1n) is 10.1. The van der Waals surface area contributed by atoms with Crippen LogP contribution in [0, 0.1) is 13.8 Å². The van der Waals surface area contributed by atoms with Crippen LogP contribution in [0.1, 0.15) is 40.9 Å². The summed E-state index contributed by atoms with van der Waals surface area (Å²) in [5.74, 6) is -0.474. The van der Waals surface area contributed by atoms with Gasteiger partial charge in [0, 0.05) is 32.2 Å². The third kappa shape index (κ3) is 6.15. The van der Waals surface area contributed by atoms with Crippen LogP contribution in [0.25, 0.3) is 0 Å². The van der Waals surface area contributed by atoms with Crippen LogP contribution in [0.4, 0.5) is 0 Å². The molecule has 0 saturated carbocycles. The van der Waals surface area contributed by atoms with E-state index in [1.165, 1.54) is 7.05 Å². The number of hydrogen-bond donors (Lipinski definition) is 1. The number of nitrogens with zero attached hydrogens (tertiary/aromatic N) is 2. The number of amides is 2. The van der Waals surface area contributed by atoms with E-state index in [1.807, 2.05) is 27.7 Å². The van der Waals surface area contributed by atoms with Gasteiger partial charge in [-0.15, -0.1) is 0 Å². The predicted octanol–water partition coefficient (Wildman–Crippen LogP) is 2.72. The van der Waals surface area contributed by atoms with Crippen LogP contribution in [0.2, 0.25) is 0 Å². The Morgan fingerprint density at radius 3 is 2.13 bits per heavy atom. The van der Waals surface area contributed by atoms with Gasteiger partial charge in [0.05, 0.1) is 11.4 Å². The van der Waals surface area contributed by atoms with Crippen LogP contribution in [0.15, 0.2) is 47.4 Å². The van der Waals surface area contributed by atoms with E-state index in [9.17, 15) is 18.0 Å². The van der Waals surface area contributed by atoms with Gasteiger partial charge in [0.1, 0.15) is 0 Å². The highest BCUT2D eigenvalue weighted by Gasteiger charge is 2.23. The second kappa shape index (κ2) is 10.1. The molecule has 0 radical (unpaired) electrons. The maximum atomic E-state index is 12.7. The molecular weight excluding hydrogens is 414 g/mol.